The van der Waals surface area contributed by atoms with Crippen molar-refractivity contribution in [3.63, 3.8) is 0 Å². The van der Waals surface area contributed by atoms with Gasteiger partial charge in [-0.1, -0.05) is 44.3 Å². The van der Waals surface area contributed by atoms with E-state index in [1.807, 2.05) is 11.3 Å². The summed E-state index contributed by atoms with van der Waals surface area (Å²) in [5.74, 6) is 0. The second-order valence-corrected chi connectivity index (χ2v) is 6.19. The molecule has 3 heteroatoms. The molecule has 1 rings (SSSR count). The molecule has 1 unspecified atom stereocenters. The zero-order chi connectivity index (χ0) is 9.52. The highest BCUT2D eigenvalue weighted by atomic mass is 79.9. The number of alkyl halides is 2. The summed E-state index contributed by atoms with van der Waals surface area (Å²) in [6.07, 6.45) is 5.06. The van der Waals surface area contributed by atoms with Gasteiger partial charge in [0, 0.05) is 15.0 Å². The molecule has 0 amide bonds. The maximum absolute atomic E-state index is 3.72. The van der Waals surface area contributed by atoms with Gasteiger partial charge >= 0.3 is 0 Å². The summed E-state index contributed by atoms with van der Waals surface area (Å²) in [4.78, 5) is 2.14. The first-order valence-electron chi connectivity index (χ1n) is 4.55. The predicted molar refractivity (Wildman–Crippen MR) is 68.4 cm³/mol. The highest BCUT2D eigenvalue weighted by molar-refractivity contribution is 9.09. The van der Waals surface area contributed by atoms with E-state index in [2.05, 4.69) is 49.4 Å². The van der Waals surface area contributed by atoms with Crippen LogP contribution in [0.5, 0.6) is 0 Å². The third-order valence-corrected chi connectivity index (χ3v) is 4.14. The van der Waals surface area contributed by atoms with E-state index in [1.165, 1.54) is 30.6 Å². The summed E-state index contributed by atoms with van der Waals surface area (Å²) < 4.78 is 0. The van der Waals surface area contributed by atoms with Crippen LogP contribution in [0.3, 0.4) is 0 Å². The van der Waals surface area contributed by atoms with Gasteiger partial charge in [-0.3, -0.25) is 0 Å². The van der Waals surface area contributed by atoms with E-state index in [-0.39, 0.29) is 0 Å². The smallest absolute Gasteiger partial charge is 0.0194 e. The number of rotatable bonds is 6. The highest BCUT2D eigenvalue weighted by Crippen LogP contribution is 2.19. The van der Waals surface area contributed by atoms with E-state index in [0.717, 1.165) is 5.33 Å². The Labute approximate surface area is 101 Å². The van der Waals surface area contributed by atoms with E-state index in [0.29, 0.717) is 4.83 Å². The fraction of sp³-hybridized carbons (Fsp3) is 0.600. The summed E-state index contributed by atoms with van der Waals surface area (Å²) in [5, 5.41) is 3.28. The topological polar surface area (TPSA) is 0 Å². The maximum Gasteiger partial charge on any atom is 0.0194 e. The van der Waals surface area contributed by atoms with E-state index in [9.17, 15) is 0 Å². The Balaban J connectivity index is 2.14. The van der Waals surface area contributed by atoms with Gasteiger partial charge in [0.25, 0.3) is 0 Å². The lowest BCUT2D eigenvalue weighted by Crippen LogP contribution is -2.01. The van der Waals surface area contributed by atoms with Crippen LogP contribution in [0.1, 0.15) is 24.1 Å². The molecule has 0 bridgehead atoms. The van der Waals surface area contributed by atoms with Crippen molar-refractivity contribution < 1.29 is 0 Å². The number of thiophene rings is 1. The van der Waals surface area contributed by atoms with E-state index in [1.54, 1.807) is 0 Å². The van der Waals surface area contributed by atoms with Gasteiger partial charge < -0.3 is 0 Å². The number of hydrogen-bond donors (Lipinski definition) is 0. The summed E-state index contributed by atoms with van der Waals surface area (Å²) in [5.41, 5.74) is 0. The van der Waals surface area contributed by atoms with Crippen LogP contribution in [0, 0.1) is 0 Å². The zero-order valence-corrected chi connectivity index (χ0v) is 11.5. The van der Waals surface area contributed by atoms with Gasteiger partial charge in [0.05, 0.1) is 0 Å². The molecule has 13 heavy (non-hydrogen) atoms. The third-order valence-electron chi connectivity index (χ3n) is 1.90. The molecule has 0 aromatic carbocycles. The first-order chi connectivity index (χ1) is 6.33. The summed E-state index contributed by atoms with van der Waals surface area (Å²) in [6.45, 7) is 0. The minimum Gasteiger partial charge on any atom is -0.149 e. The van der Waals surface area contributed by atoms with Gasteiger partial charge in [-0.2, -0.15) is 0 Å². The quantitative estimate of drug-likeness (QED) is 0.529. The van der Waals surface area contributed by atoms with Crippen LogP contribution in [0.2, 0.25) is 0 Å². The normalized spacial score (nSPS) is 13.1. The van der Waals surface area contributed by atoms with Crippen LogP contribution in [-0.2, 0) is 6.42 Å². The molecule has 74 valence electrons. The number of hydrogen-bond acceptors (Lipinski definition) is 1. The van der Waals surface area contributed by atoms with Crippen LogP contribution in [0.25, 0.3) is 0 Å². The fourth-order valence-corrected chi connectivity index (χ4v) is 3.28. The summed E-state index contributed by atoms with van der Waals surface area (Å²) in [6, 6.07) is 4.33. The van der Waals surface area contributed by atoms with E-state index < -0.39 is 0 Å². The average Bonchev–Trinajstić information content (AvgIpc) is 2.57. The van der Waals surface area contributed by atoms with E-state index >= 15 is 0 Å². The van der Waals surface area contributed by atoms with Gasteiger partial charge in [-0.05, 0) is 30.7 Å². The van der Waals surface area contributed by atoms with Gasteiger partial charge in [0.2, 0.25) is 0 Å². The van der Waals surface area contributed by atoms with Crippen LogP contribution in [-0.4, -0.2) is 10.2 Å². The van der Waals surface area contributed by atoms with Crippen molar-refractivity contribution in [1.29, 1.82) is 0 Å². The molecule has 0 aliphatic heterocycles. The molecule has 0 saturated heterocycles. The van der Waals surface area contributed by atoms with Crippen molar-refractivity contribution in [2.75, 3.05) is 5.33 Å². The van der Waals surface area contributed by atoms with Gasteiger partial charge in [0.1, 0.15) is 0 Å². The first kappa shape index (κ1) is 11.7. The molecule has 0 saturated carbocycles. The molecule has 0 aliphatic rings. The minimum absolute atomic E-state index is 0.658. The highest BCUT2D eigenvalue weighted by Gasteiger charge is 2.05. The predicted octanol–water partition coefficient (Wildman–Crippen LogP) is 4.62. The zero-order valence-electron chi connectivity index (χ0n) is 7.51. The number of halogens is 2. The lowest BCUT2D eigenvalue weighted by Gasteiger charge is -2.06. The fourth-order valence-electron chi connectivity index (χ4n) is 1.21. The molecule has 0 nitrogen and oxygen atoms in total. The Hall–Kier alpha value is 0.660. The van der Waals surface area contributed by atoms with Gasteiger partial charge in [-0.25, -0.2) is 0 Å². The Morgan fingerprint density at radius 2 is 2.23 bits per heavy atom. The Morgan fingerprint density at radius 3 is 2.85 bits per heavy atom. The molecule has 1 aromatic rings. The third kappa shape index (κ3) is 5.18. The van der Waals surface area contributed by atoms with Crippen LogP contribution in [0.15, 0.2) is 17.5 Å². The molecule has 0 N–H and O–H groups in total. The molecule has 1 heterocycles. The monoisotopic (exact) mass is 324 g/mol. The minimum atomic E-state index is 0.658. The average molecular weight is 326 g/mol. The van der Waals surface area contributed by atoms with Gasteiger partial charge in [-0.15, -0.1) is 11.3 Å². The second-order valence-electron chi connectivity index (χ2n) is 3.07. The van der Waals surface area contributed by atoms with Crippen molar-refractivity contribution in [3.8, 4) is 0 Å². The van der Waals surface area contributed by atoms with E-state index in [4.69, 9.17) is 0 Å². The van der Waals surface area contributed by atoms with Crippen LogP contribution < -0.4 is 0 Å². The molecule has 1 atom stereocenters. The van der Waals surface area contributed by atoms with Crippen molar-refractivity contribution in [1.82, 2.24) is 0 Å². The molecular formula is C10H14Br2S. The molecule has 0 spiro atoms. The van der Waals surface area contributed by atoms with Crippen molar-refractivity contribution >= 4 is 43.2 Å². The standard InChI is InChI=1S/C10H14Br2S/c11-6-2-1-4-9(12)8-10-5-3-7-13-10/h3,5,7,9H,1-2,4,6,8H2. The maximum atomic E-state index is 3.72. The second kappa shape index (κ2) is 7.02. The summed E-state index contributed by atoms with van der Waals surface area (Å²) >= 11 is 9.02. The molecule has 0 radical (unpaired) electrons. The van der Waals surface area contributed by atoms with Gasteiger partial charge in [0.15, 0.2) is 0 Å². The number of unbranched alkanes of at least 4 members (excludes halogenated alkanes) is 1. The first-order valence-corrected chi connectivity index (χ1v) is 7.47. The lowest BCUT2D eigenvalue weighted by atomic mass is 10.1. The molecule has 1 aromatic heterocycles. The molecular weight excluding hydrogens is 312 g/mol. The SMILES string of the molecule is BrCCCCC(Br)Cc1cccs1. The van der Waals surface area contributed by atoms with Crippen molar-refractivity contribution in [3.05, 3.63) is 22.4 Å². The molecule has 0 fully saturated rings. The van der Waals surface area contributed by atoms with Crippen LogP contribution >= 0.6 is 43.2 Å². The van der Waals surface area contributed by atoms with Crippen molar-refractivity contribution in [2.45, 2.75) is 30.5 Å². The summed E-state index contributed by atoms with van der Waals surface area (Å²) in [7, 11) is 0. The molecule has 0 aliphatic carbocycles. The Bertz CT molecular complexity index is 209. The van der Waals surface area contributed by atoms with Crippen LogP contribution in [0.4, 0.5) is 0 Å². The van der Waals surface area contributed by atoms with Crippen molar-refractivity contribution in [2.24, 2.45) is 0 Å². The Kier molecular flexibility index (Phi) is 6.33. The Morgan fingerprint density at radius 1 is 1.38 bits per heavy atom. The lowest BCUT2D eigenvalue weighted by molar-refractivity contribution is 0.696. The largest absolute Gasteiger partial charge is 0.149 e.